The summed E-state index contributed by atoms with van der Waals surface area (Å²) in [6.45, 7) is 4.88. The second-order valence-corrected chi connectivity index (χ2v) is 4.57. The Morgan fingerprint density at radius 2 is 2.24 bits per heavy atom. The number of nitrogens with two attached hydrogens (primary N) is 1. The molecule has 5 nitrogen and oxygen atoms in total. The molecule has 1 aromatic rings. The Kier molecular flexibility index (Phi) is 5.97. The van der Waals surface area contributed by atoms with Gasteiger partial charge >= 0.3 is 5.76 Å². The molecular weight excluding hydrogens is 218 g/mol. The van der Waals surface area contributed by atoms with Crippen LogP contribution >= 0.6 is 0 Å². The van der Waals surface area contributed by atoms with Crippen LogP contribution in [0.4, 0.5) is 0 Å². The first-order chi connectivity index (χ1) is 8.21. The van der Waals surface area contributed by atoms with Gasteiger partial charge in [-0.05, 0) is 12.3 Å². The highest BCUT2D eigenvalue weighted by molar-refractivity contribution is 4.93. The summed E-state index contributed by atoms with van der Waals surface area (Å²) >= 11 is 0. The summed E-state index contributed by atoms with van der Waals surface area (Å²) in [5.41, 5.74) is 5.74. The number of aromatic nitrogens is 2. The Morgan fingerprint density at radius 1 is 1.47 bits per heavy atom. The van der Waals surface area contributed by atoms with Crippen LogP contribution < -0.4 is 11.5 Å². The number of hydrogen-bond acceptors (Lipinski definition) is 4. The third-order valence-corrected chi connectivity index (χ3v) is 3.29. The minimum atomic E-state index is -0.500. The number of nitrogens with zero attached hydrogens (tertiary/aromatic N) is 1. The molecule has 5 heteroatoms. The van der Waals surface area contributed by atoms with Gasteiger partial charge in [-0.2, -0.15) is 0 Å². The summed E-state index contributed by atoms with van der Waals surface area (Å²) in [7, 11) is 0. The molecule has 2 atom stereocenters. The van der Waals surface area contributed by atoms with Crippen LogP contribution in [0.25, 0.3) is 0 Å². The van der Waals surface area contributed by atoms with Gasteiger partial charge in [0.1, 0.15) is 0 Å². The van der Waals surface area contributed by atoms with Gasteiger partial charge in [-0.15, -0.1) is 0 Å². The maximum Gasteiger partial charge on any atom is 0.438 e. The minimum Gasteiger partial charge on any atom is -0.330 e. The molecule has 0 spiro atoms. The fourth-order valence-electron chi connectivity index (χ4n) is 2.12. The van der Waals surface area contributed by atoms with Crippen LogP contribution in [-0.4, -0.2) is 16.7 Å². The second kappa shape index (κ2) is 7.27. The number of unbranched alkanes of at least 4 members (excludes halogenated alkanes) is 1. The van der Waals surface area contributed by atoms with E-state index in [1.165, 1.54) is 19.3 Å². The minimum absolute atomic E-state index is 0.100. The van der Waals surface area contributed by atoms with Crippen molar-refractivity contribution in [3.8, 4) is 0 Å². The highest BCUT2D eigenvalue weighted by Gasteiger charge is 2.19. The molecule has 0 aromatic carbocycles. The molecule has 0 bridgehead atoms. The third-order valence-electron chi connectivity index (χ3n) is 3.29. The van der Waals surface area contributed by atoms with Crippen molar-refractivity contribution in [3.05, 3.63) is 16.4 Å². The Balaban J connectivity index is 2.58. The summed E-state index contributed by atoms with van der Waals surface area (Å²) in [5.74, 6) is 0.833. The largest absolute Gasteiger partial charge is 0.438 e. The number of hydrogen-bond donors (Lipinski definition) is 2. The zero-order valence-electron chi connectivity index (χ0n) is 10.7. The first kappa shape index (κ1) is 14.0. The lowest BCUT2D eigenvalue weighted by molar-refractivity contribution is 0.355. The van der Waals surface area contributed by atoms with Crippen LogP contribution in [0, 0.1) is 5.92 Å². The van der Waals surface area contributed by atoms with Crippen molar-refractivity contribution in [1.82, 2.24) is 10.1 Å². The fourth-order valence-corrected chi connectivity index (χ4v) is 2.12. The highest BCUT2D eigenvalue weighted by atomic mass is 16.5. The SMILES string of the molecule is CCCCC(CC)CC(CN)c1noc(=O)[nH]1. The number of nitrogens with one attached hydrogen (secondary N) is 1. The molecular formula is C12H23N3O2. The van der Waals surface area contributed by atoms with Gasteiger partial charge < -0.3 is 5.73 Å². The summed E-state index contributed by atoms with van der Waals surface area (Å²) < 4.78 is 4.53. The predicted octanol–water partition coefficient (Wildman–Crippen LogP) is 2.01. The van der Waals surface area contributed by atoms with E-state index in [0.717, 1.165) is 12.8 Å². The molecule has 17 heavy (non-hydrogen) atoms. The predicted molar refractivity (Wildman–Crippen MR) is 66.8 cm³/mol. The van der Waals surface area contributed by atoms with E-state index >= 15 is 0 Å². The van der Waals surface area contributed by atoms with Crippen molar-refractivity contribution in [3.63, 3.8) is 0 Å². The normalized spacial score (nSPS) is 14.8. The van der Waals surface area contributed by atoms with Gasteiger partial charge in [-0.3, -0.25) is 9.51 Å². The van der Waals surface area contributed by atoms with Crippen molar-refractivity contribution in [2.24, 2.45) is 11.7 Å². The van der Waals surface area contributed by atoms with Crippen LogP contribution in [0.5, 0.6) is 0 Å². The topological polar surface area (TPSA) is 84.9 Å². The van der Waals surface area contributed by atoms with E-state index in [1.54, 1.807) is 0 Å². The number of aromatic amines is 1. The van der Waals surface area contributed by atoms with Gasteiger partial charge in [0, 0.05) is 12.5 Å². The van der Waals surface area contributed by atoms with Crippen LogP contribution in [0.2, 0.25) is 0 Å². The van der Waals surface area contributed by atoms with Crippen molar-refractivity contribution >= 4 is 0 Å². The molecule has 0 amide bonds. The first-order valence-electron chi connectivity index (χ1n) is 6.47. The van der Waals surface area contributed by atoms with Gasteiger partial charge in [0.2, 0.25) is 0 Å². The highest BCUT2D eigenvalue weighted by Crippen LogP contribution is 2.25. The summed E-state index contributed by atoms with van der Waals surface area (Å²) in [6.07, 6.45) is 5.77. The Hall–Kier alpha value is -1.10. The zero-order chi connectivity index (χ0) is 12.7. The maximum atomic E-state index is 10.9. The van der Waals surface area contributed by atoms with Crippen molar-refractivity contribution < 1.29 is 4.52 Å². The molecule has 0 fully saturated rings. The molecule has 3 N–H and O–H groups in total. The summed E-state index contributed by atoms with van der Waals surface area (Å²) in [5, 5.41) is 3.73. The van der Waals surface area contributed by atoms with Gasteiger partial charge in [-0.25, -0.2) is 4.79 Å². The van der Waals surface area contributed by atoms with Gasteiger partial charge in [0.05, 0.1) is 0 Å². The molecule has 1 heterocycles. The summed E-state index contributed by atoms with van der Waals surface area (Å²) in [4.78, 5) is 13.5. The lowest BCUT2D eigenvalue weighted by atomic mass is 9.88. The van der Waals surface area contributed by atoms with E-state index in [-0.39, 0.29) is 5.92 Å². The molecule has 0 aliphatic heterocycles. The molecule has 1 rings (SSSR count). The third kappa shape index (κ3) is 4.34. The van der Waals surface area contributed by atoms with Crippen LogP contribution in [-0.2, 0) is 0 Å². The average molecular weight is 241 g/mol. The van der Waals surface area contributed by atoms with Gasteiger partial charge in [0.15, 0.2) is 5.82 Å². The van der Waals surface area contributed by atoms with E-state index < -0.39 is 5.76 Å². The second-order valence-electron chi connectivity index (χ2n) is 4.57. The van der Waals surface area contributed by atoms with Crippen molar-refractivity contribution in [2.75, 3.05) is 6.54 Å². The summed E-state index contributed by atoms with van der Waals surface area (Å²) in [6, 6.07) is 0. The molecule has 0 aliphatic carbocycles. The number of rotatable bonds is 8. The van der Waals surface area contributed by atoms with Crippen molar-refractivity contribution in [2.45, 2.75) is 51.9 Å². The zero-order valence-corrected chi connectivity index (χ0v) is 10.7. The van der Waals surface area contributed by atoms with E-state index in [9.17, 15) is 4.79 Å². The quantitative estimate of drug-likeness (QED) is 0.729. The van der Waals surface area contributed by atoms with Crippen LogP contribution in [0.15, 0.2) is 9.32 Å². The average Bonchev–Trinajstić information content (AvgIpc) is 2.76. The maximum absolute atomic E-state index is 10.9. The molecule has 0 saturated carbocycles. The molecule has 0 aliphatic rings. The number of H-pyrrole nitrogens is 1. The van der Waals surface area contributed by atoms with E-state index in [2.05, 4.69) is 28.5 Å². The van der Waals surface area contributed by atoms with Gasteiger partial charge in [0.25, 0.3) is 0 Å². The van der Waals surface area contributed by atoms with Crippen LogP contribution in [0.3, 0.4) is 0 Å². The Labute approximate surface area is 102 Å². The van der Waals surface area contributed by atoms with Gasteiger partial charge in [-0.1, -0.05) is 44.7 Å². The lowest BCUT2D eigenvalue weighted by Crippen LogP contribution is -2.18. The van der Waals surface area contributed by atoms with E-state index in [4.69, 9.17) is 5.73 Å². The lowest BCUT2D eigenvalue weighted by Gasteiger charge is -2.19. The molecule has 2 unspecified atom stereocenters. The monoisotopic (exact) mass is 241 g/mol. The molecule has 98 valence electrons. The Bertz CT molecular complexity index is 359. The molecule has 0 saturated heterocycles. The molecule has 0 radical (unpaired) electrons. The van der Waals surface area contributed by atoms with Crippen molar-refractivity contribution in [1.29, 1.82) is 0 Å². The van der Waals surface area contributed by atoms with E-state index in [0.29, 0.717) is 18.3 Å². The first-order valence-corrected chi connectivity index (χ1v) is 6.47. The van der Waals surface area contributed by atoms with Crippen LogP contribution in [0.1, 0.15) is 57.7 Å². The standard InChI is InChI=1S/C12H23N3O2/c1-3-5-6-9(4-2)7-10(8-13)11-14-12(16)17-15-11/h9-10H,3-8,13H2,1-2H3,(H,14,15,16). The smallest absolute Gasteiger partial charge is 0.330 e. The molecule has 1 aromatic heterocycles. The van der Waals surface area contributed by atoms with E-state index in [1.807, 2.05) is 0 Å². The Morgan fingerprint density at radius 3 is 2.71 bits per heavy atom. The fraction of sp³-hybridized carbons (Fsp3) is 0.833.